The Labute approximate surface area is 126 Å². The number of anilines is 1. The number of nitrogens with one attached hydrogen (secondary N) is 1. The molecule has 3 heteroatoms. The quantitative estimate of drug-likeness (QED) is 0.865. The lowest BCUT2D eigenvalue weighted by Crippen LogP contribution is -2.36. The number of hydrogen-bond donors (Lipinski definition) is 1. The summed E-state index contributed by atoms with van der Waals surface area (Å²) < 4.78 is 5.32. The van der Waals surface area contributed by atoms with Gasteiger partial charge in [0.15, 0.2) is 12.2 Å². The normalized spacial score (nSPS) is 24.7. The van der Waals surface area contributed by atoms with Crippen LogP contribution in [0.2, 0.25) is 0 Å². The molecule has 3 nitrogen and oxygen atoms in total. The van der Waals surface area contributed by atoms with E-state index in [0.29, 0.717) is 17.4 Å². The number of benzene rings is 1. The van der Waals surface area contributed by atoms with E-state index >= 15 is 0 Å². The summed E-state index contributed by atoms with van der Waals surface area (Å²) in [5.74, 6) is 1.53. The average Bonchev–Trinajstić information content (AvgIpc) is 2.96. The number of rotatable bonds is 3. The van der Waals surface area contributed by atoms with E-state index in [1.54, 1.807) is 6.20 Å². The third kappa shape index (κ3) is 3.29. The molecule has 0 bridgehead atoms. The molecule has 1 heterocycles. The maximum atomic E-state index is 5.32. The molecule has 2 atom stereocenters. The molecule has 1 aliphatic carbocycles. The average molecular weight is 284 g/mol. The standard InChI is InChI=1S/C18H24N2O/c1-13-10-18(2,3)9-8-16(13)20-15-6-4-14(5-7-15)17-11-19-12-21-17/h4-7,11-13,16,20H,8-10H2,1-3H3. The first-order chi connectivity index (χ1) is 10.0. The Balaban J connectivity index is 1.66. The minimum atomic E-state index is 0.494. The highest BCUT2D eigenvalue weighted by atomic mass is 16.3. The zero-order valence-electron chi connectivity index (χ0n) is 13.1. The maximum Gasteiger partial charge on any atom is 0.181 e. The first kappa shape index (κ1) is 14.2. The molecule has 21 heavy (non-hydrogen) atoms. The van der Waals surface area contributed by atoms with E-state index in [1.807, 2.05) is 0 Å². The van der Waals surface area contributed by atoms with E-state index < -0.39 is 0 Å². The lowest BCUT2D eigenvalue weighted by molar-refractivity contribution is 0.177. The Hall–Kier alpha value is -1.77. The molecule has 1 aromatic carbocycles. The van der Waals surface area contributed by atoms with Crippen LogP contribution in [-0.2, 0) is 0 Å². The summed E-state index contributed by atoms with van der Waals surface area (Å²) >= 11 is 0. The second-order valence-electron chi connectivity index (χ2n) is 7.08. The Morgan fingerprint density at radius 1 is 1.24 bits per heavy atom. The summed E-state index contributed by atoms with van der Waals surface area (Å²) in [5.41, 5.74) is 2.75. The minimum absolute atomic E-state index is 0.494. The third-order valence-electron chi connectivity index (χ3n) is 4.65. The molecule has 1 saturated carbocycles. The molecule has 1 aliphatic rings. The van der Waals surface area contributed by atoms with Crippen LogP contribution in [0.5, 0.6) is 0 Å². The van der Waals surface area contributed by atoms with Gasteiger partial charge < -0.3 is 9.73 Å². The van der Waals surface area contributed by atoms with E-state index in [1.165, 1.54) is 31.3 Å². The zero-order chi connectivity index (χ0) is 14.9. The summed E-state index contributed by atoms with van der Waals surface area (Å²) in [5, 5.41) is 3.69. The van der Waals surface area contributed by atoms with Crippen LogP contribution in [0.3, 0.4) is 0 Å². The van der Waals surface area contributed by atoms with Crippen molar-refractivity contribution in [3.63, 3.8) is 0 Å². The van der Waals surface area contributed by atoms with Gasteiger partial charge in [0.1, 0.15) is 0 Å². The molecule has 0 spiro atoms. The molecule has 0 amide bonds. The van der Waals surface area contributed by atoms with Crippen LogP contribution in [0.25, 0.3) is 11.3 Å². The van der Waals surface area contributed by atoms with Gasteiger partial charge in [-0.3, -0.25) is 0 Å². The van der Waals surface area contributed by atoms with E-state index in [9.17, 15) is 0 Å². The molecule has 1 aromatic heterocycles. The topological polar surface area (TPSA) is 38.1 Å². The van der Waals surface area contributed by atoms with Gasteiger partial charge in [0, 0.05) is 17.3 Å². The van der Waals surface area contributed by atoms with Crippen LogP contribution < -0.4 is 5.32 Å². The van der Waals surface area contributed by atoms with Crippen LogP contribution in [0.15, 0.2) is 41.3 Å². The van der Waals surface area contributed by atoms with Crippen molar-refractivity contribution in [2.45, 2.75) is 46.1 Å². The zero-order valence-corrected chi connectivity index (χ0v) is 13.1. The lowest BCUT2D eigenvalue weighted by Gasteiger charge is -2.40. The van der Waals surface area contributed by atoms with Crippen LogP contribution in [0.4, 0.5) is 5.69 Å². The fourth-order valence-corrected chi connectivity index (χ4v) is 3.46. The van der Waals surface area contributed by atoms with Crippen LogP contribution >= 0.6 is 0 Å². The highest BCUT2D eigenvalue weighted by molar-refractivity contribution is 5.60. The van der Waals surface area contributed by atoms with Gasteiger partial charge in [0.2, 0.25) is 0 Å². The molecular weight excluding hydrogens is 260 g/mol. The molecule has 0 saturated heterocycles. The third-order valence-corrected chi connectivity index (χ3v) is 4.65. The SMILES string of the molecule is CC1CC(C)(C)CCC1Nc1ccc(-c2cnco2)cc1. The summed E-state index contributed by atoms with van der Waals surface area (Å²) in [6.07, 6.45) is 7.05. The van der Waals surface area contributed by atoms with E-state index in [0.717, 1.165) is 11.3 Å². The minimum Gasteiger partial charge on any atom is -0.444 e. The van der Waals surface area contributed by atoms with Crippen molar-refractivity contribution in [1.29, 1.82) is 0 Å². The predicted molar refractivity (Wildman–Crippen MR) is 86.1 cm³/mol. The van der Waals surface area contributed by atoms with Gasteiger partial charge in [-0.1, -0.05) is 20.8 Å². The van der Waals surface area contributed by atoms with Gasteiger partial charge in [-0.05, 0) is 54.9 Å². The summed E-state index contributed by atoms with van der Waals surface area (Å²) in [6, 6.07) is 9.00. The van der Waals surface area contributed by atoms with Crippen molar-refractivity contribution >= 4 is 5.69 Å². The van der Waals surface area contributed by atoms with Crippen LogP contribution in [0, 0.1) is 11.3 Å². The molecule has 1 fully saturated rings. The summed E-state index contributed by atoms with van der Waals surface area (Å²) in [6.45, 7) is 7.12. The van der Waals surface area contributed by atoms with E-state index in [-0.39, 0.29) is 0 Å². The predicted octanol–water partition coefficient (Wildman–Crippen LogP) is 4.97. The fourth-order valence-electron chi connectivity index (χ4n) is 3.46. The van der Waals surface area contributed by atoms with Crippen molar-refractivity contribution in [2.24, 2.45) is 11.3 Å². The van der Waals surface area contributed by atoms with Gasteiger partial charge in [-0.25, -0.2) is 4.98 Å². The van der Waals surface area contributed by atoms with E-state index in [2.05, 4.69) is 55.3 Å². The van der Waals surface area contributed by atoms with Crippen molar-refractivity contribution < 1.29 is 4.42 Å². The first-order valence-corrected chi connectivity index (χ1v) is 7.79. The monoisotopic (exact) mass is 284 g/mol. The van der Waals surface area contributed by atoms with Crippen LogP contribution in [-0.4, -0.2) is 11.0 Å². The molecule has 0 aliphatic heterocycles. The largest absolute Gasteiger partial charge is 0.444 e. The Morgan fingerprint density at radius 2 is 2.00 bits per heavy atom. The van der Waals surface area contributed by atoms with Crippen molar-refractivity contribution in [1.82, 2.24) is 4.98 Å². The number of nitrogens with zero attached hydrogens (tertiary/aromatic N) is 1. The van der Waals surface area contributed by atoms with E-state index in [4.69, 9.17) is 4.42 Å². The summed E-state index contributed by atoms with van der Waals surface area (Å²) in [7, 11) is 0. The highest BCUT2D eigenvalue weighted by Gasteiger charge is 2.32. The Bertz CT molecular complexity index is 572. The number of oxazole rings is 1. The molecule has 1 N–H and O–H groups in total. The lowest BCUT2D eigenvalue weighted by atomic mass is 9.70. The second kappa shape index (κ2) is 5.55. The highest BCUT2D eigenvalue weighted by Crippen LogP contribution is 2.39. The molecule has 3 rings (SSSR count). The molecule has 2 unspecified atom stereocenters. The number of aromatic nitrogens is 1. The molecule has 0 radical (unpaired) electrons. The molecule has 2 aromatic rings. The molecular formula is C18H24N2O. The smallest absolute Gasteiger partial charge is 0.181 e. The summed E-state index contributed by atoms with van der Waals surface area (Å²) in [4.78, 5) is 3.96. The molecule has 112 valence electrons. The maximum absolute atomic E-state index is 5.32. The van der Waals surface area contributed by atoms with Crippen molar-refractivity contribution in [2.75, 3.05) is 5.32 Å². The Morgan fingerprint density at radius 3 is 2.62 bits per heavy atom. The first-order valence-electron chi connectivity index (χ1n) is 7.79. The van der Waals surface area contributed by atoms with Gasteiger partial charge in [-0.15, -0.1) is 0 Å². The van der Waals surface area contributed by atoms with Crippen molar-refractivity contribution in [3.8, 4) is 11.3 Å². The van der Waals surface area contributed by atoms with Gasteiger partial charge in [0.05, 0.1) is 6.20 Å². The van der Waals surface area contributed by atoms with Crippen molar-refractivity contribution in [3.05, 3.63) is 36.9 Å². The fraction of sp³-hybridized carbons (Fsp3) is 0.500. The van der Waals surface area contributed by atoms with Gasteiger partial charge in [-0.2, -0.15) is 0 Å². The number of hydrogen-bond acceptors (Lipinski definition) is 3. The van der Waals surface area contributed by atoms with Gasteiger partial charge in [0.25, 0.3) is 0 Å². The second-order valence-corrected chi connectivity index (χ2v) is 7.08. The van der Waals surface area contributed by atoms with Crippen LogP contribution in [0.1, 0.15) is 40.0 Å². The Kier molecular flexibility index (Phi) is 3.75. The van der Waals surface area contributed by atoms with Gasteiger partial charge >= 0.3 is 0 Å².